The Kier molecular flexibility index (Phi) is 2.76. The summed E-state index contributed by atoms with van der Waals surface area (Å²) in [6.45, 7) is 0.524. The number of ether oxygens (including phenoxy) is 1. The van der Waals surface area contributed by atoms with Gasteiger partial charge in [0.05, 0.1) is 0 Å². The van der Waals surface area contributed by atoms with Crippen LogP contribution in [-0.2, 0) is 6.42 Å². The van der Waals surface area contributed by atoms with E-state index in [-0.39, 0.29) is 11.7 Å². The van der Waals surface area contributed by atoms with Crippen molar-refractivity contribution in [1.29, 1.82) is 0 Å². The van der Waals surface area contributed by atoms with Gasteiger partial charge in [0.25, 0.3) is 0 Å². The minimum absolute atomic E-state index is 0.171. The first-order chi connectivity index (χ1) is 8.79. The fraction of sp³-hybridized carbons (Fsp3) is 0.200. The van der Waals surface area contributed by atoms with E-state index in [4.69, 9.17) is 10.5 Å². The summed E-state index contributed by atoms with van der Waals surface area (Å²) >= 11 is 0. The van der Waals surface area contributed by atoms with Crippen molar-refractivity contribution >= 4 is 0 Å². The number of halogens is 1. The lowest BCUT2D eigenvalue weighted by atomic mass is 9.92. The van der Waals surface area contributed by atoms with E-state index in [1.54, 1.807) is 6.07 Å². The highest BCUT2D eigenvalue weighted by Gasteiger charge is 2.23. The molecule has 2 N–H and O–H groups in total. The lowest BCUT2D eigenvalue weighted by molar-refractivity contribution is 0.439. The zero-order valence-electron chi connectivity index (χ0n) is 9.90. The van der Waals surface area contributed by atoms with Crippen molar-refractivity contribution in [3.63, 3.8) is 0 Å². The van der Waals surface area contributed by atoms with E-state index in [9.17, 15) is 4.39 Å². The molecule has 0 saturated carbocycles. The van der Waals surface area contributed by atoms with Gasteiger partial charge in [0.1, 0.15) is 5.75 Å². The summed E-state index contributed by atoms with van der Waals surface area (Å²) in [5, 5.41) is 0. The Morgan fingerprint density at radius 3 is 2.83 bits per heavy atom. The number of hydrogen-bond acceptors (Lipinski definition) is 2. The largest absolute Gasteiger partial charge is 0.454 e. The van der Waals surface area contributed by atoms with Gasteiger partial charge in [-0.1, -0.05) is 30.3 Å². The summed E-state index contributed by atoms with van der Waals surface area (Å²) < 4.78 is 19.6. The van der Waals surface area contributed by atoms with Gasteiger partial charge in [0, 0.05) is 5.92 Å². The summed E-state index contributed by atoms with van der Waals surface area (Å²) in [6, 6.07) is 12.7. The van der Waals surface area contributed by atoms with Crippen molar-refractivity contribution in [3.05, 3.63) is 59.4 Å². The number of hydrogen-bond donors (Lipinski definition) is 1. The molecule has 2 aromatic rings. The van der Waals surface area contributed by atoms with Crippen molar-refractivity contribution in [2.75, 3.05) is 6.54 Å². The SMILES string of the molecule is NC[C@H]1Cc2cccc(F)c2Oc2ccccc21. The molecular weight excluding hydrogens is 229 g/mol. The predicted molar refractivity (Wildman–Crippen MR) is 68.4 cm³/mol. The van der Waals surface area contributed by atoms with Crippen LogP contribution >= 0.6 is 0 Å². The zero-order chi connectivity index (χ0) is 12.5. The van der Waals surface area contributed by atoms with E-state index < -0.39 is 0 Å². The monoisotopic (exact) mass is 243 g/mol. The zero-order valence-corrected chi connectivity index (χ0v) is 9.90. The molecule has 1 atom stereocenters. The lowest BCUT2D eigenvalue weighted by Gasteiger charge is -2.13. The summed E-state index contributed by atoms with van der Waals surface area (Å²) in [5.74, 6) is 0.891. The Balaban J connectivity index is 2.17. The van der Waals surface area contributed by atoms with Crippen LogP contribution in [0.5, 0.6) is 11.5 Å². The van der Waals surface area contributed by atoms with Gasteiger partial charge in [-0.05, 0) is 36.2 Å². The minimum Gasteiger partial charge on any atom is -0.454 e. The molecule has 3 rings (SSSR count). The van der Waals surface area contributed by atoms with E-state index in [0.29, 0.717) is 24.5 Å². The van der Waals surface area contributed by atoms with Crippen LogP contribution in [0.4, 0.5) is 4.39 Å². The van der Waals surface area contributed by atoms with Crippen LogP contribution in [-0.4, -0.2) is 6.54 Å². The van der Waals surface area contributed by atoms with Crippen LogP contribution in [0.3, 0.4) is 0 Å². The molecule has 0 spiro atoms. The summed E-state index contributed by atoms with van der Waals surface area (Å²) in [4.78, 5) is 0. The summed E-state index contributed by atoms with van der Waals surface area (Å²) in [5.41, 5.74) is 7.76. The molecule has 2 nitrogen and oxygen atoms in total. The van der Waals surface area contributed by atoms with Crippen LogP contribution in [0.1, 0.15) is 17.0 Å². The maximum Gasteiger partial charge on any atom is 0.166 e. The fourth-order valence-corrected chi connectivity index (χ4v) is 2.43. The standard InChI is InChI=1S/C15H14FNO/c16-13-6-3-4-10-8-11(9-17)12-5-1-2-7-14(12)18-15(10)13/h1-7,11H,8-9,17H2/t11-/m1/s1. The third kappa shape index (κ3) is 1.77. The Morgan fingerprint density at radius 2 is 2.00 bits per heavy atom. The normalized spacial score (nSPS) is 17.3. The van der Waals surface area contributed by atoms with E-state index in [0.717, 1.165) is 11.1 Å². The first kappa shape index (κ1) is 11.2. The molecule has 3 heteroatoms. The van der Waals surface area contributed by atoms with Crippen molar-refractivity contribution in [3.8, 4) is 11.5 Å². The molecule has 1 heterocycles. The molecule has 92 valence electrons. The third-order valence-corrected chi connectivity index (χ3v) is 3.37. The van der Waals surface area contributed by atoms with Gasteiger partial charge in [-0.2, -0.15) is 0 Å². The highest BCUT2D eigenvalue weighted by atomic mass is 19.1. The minimum atomic E-state index is -0.319. The Hall–Kier alpha value is -1.87. The average Bonchev–Trinajstić information content (AvgIpc) is 2.56. The quantitative estimate of drug-likeness (QED) is 0.834. The predicted octanol–water partition coefficient (Wildman–Crippen LogP) is 3.22. The second kappa shape index (κ2) is 4.42. The molecule has 0 aliphatic carbocycles. The number of rotatable bonds is 1. The van der Waals surface area contributed by atoms with Gasteiger partial charge >= 0.3 is 0 Å². The van der Waals surface area contributed by atoms with Gasteiger partial charge in [0.15, 0.2) is 11.6 Å². The molecule has 0 radical (unpaired) electrons. The number of nitrogens with two attached hydrogens (primary N) is 1. The van der Waals surface area contributed by atoms with E-state index in [1.165, 1.54) is 6.07 Å². The van der Waals surface area contributed by atoms with Gasteiger partial charge in [-0.25, -0.2) is 4.39 Å². The molecule has 0 unspecified atom stereocenters. The van der Waals surface area contributed by atoms with Gasteiger partial charge < -0.3 is 10.5 Å². The summed E-state index contributed by atoms with van der Waals surface area (Å²) in [6.07, 6.45) is 0.709. The molecule has 0 aromatic heterocycles. The maximum atomic E-state index is 13.8. The van der Waals surface area contributed by atoms with Crippen molar-refractivity contribution in [1.82, 2.24) is 0 Å². The maximum absolute atomic E-state index is 13.8. The molecule has 0 bridgehead atoms. The Morgan fingerprint density at radius 1 is 1.17 bits per heavy atom. The van der Waals surface area contributed by atoms with Crippen molar-refractivity contribution in [2.45, 2.75) is 12.3 Å². The second-order valence-electron chi connectivity index (χ2n) is 4.50. The van der Waals surface area contributed by atoms with Crippen LogP contribution in [0.2, 0.25) is 0 Å². The first-order valence-corrected chi connectivity index (χ1v) is 6.04. The molecule has 0 fully saturated rings. The topological polar surface area (TPSA) is 35.2 Å². The third-order valence-electron chi connectivity index (χ3n) is 3.37. The van der Waals surface area contributed by atoms with Crippen molar-refractivity contribution < 1.29 is 9.13 Å². The molecule has 1 aliphatic heterocycles. The van der Waals surface area contributed by atoms with Crippen molar-refractivity contribution in [2.24, 2.45) is 5.73 Å². The average molecular weight is 243 g/mol. The molecule has 1 aliphatic rings. The number of para-hydroxylation sites is 2. The molecule has 18 heavy (non-hydrogen) atoms. The summed E-state index contributed by atoms with van der Waals surface area (Å²) in [7, 11) is 0. The van der Waals surface area contributed by atoms with Gasteiger partial charge in [0.2, 0.25) is 0 Å². The van der Waals surface area contributed by atoms with Crippen LogP contribution < -0.4 is 10.5 Å². The van der Waals surface area contributed by atoms with Crippen LogP contribution in [0, 0.1) is 5.82 Å². The van der Waals surface area contributed by atoms with E-state index in [1.807, 2.05) is 30.3 Å². The Labute approximate surface area is 105 Å². The van der Waals surface area contributed by atoms with Crippen LogP contribution in [0.15, 0.2) is 42.5 Å². The molecule has 0 saturated heterocycles. The smallest absolute Gasteiger partial charge is 0.166 e. The fourth-order valence-electron chi connectivity index (χ4n) is 2.43. The molecule has 2 aromatic carbocycles. The molecule has 0 amide bonds. The first-order valence-electron chi connectivity index (χ1n) is 6.04. The van der Waals surface area contributed by atoms with E-state index >= 15 is 0 Å². The molecular formula is C15H14FNO. The van der Waals surface area contributed by atoms with E-state index in [2.05, 4.69) is 0 Å². The van der Waals surface area contributed by atoms with Gasteiger partial charge in [-0.3, -0.25) is 0 Å². The second-order valence-corrected chi connectivity index (χ2v) is 4.50. The Bertz CT molecular complexity index is 582. The highest BCUT2D eigenvalue weighted by Crippen LogP contribution is 2.39. The van der Waals surface area contributed by atoms with Gasteiger partial charge in [-0.15, -0.1) is 0 Å². The number of fused-ring (bicyclic) bond motifs is 2. The van der Waals surface area contributed by atoms with Crippen LogP contribution in [0.25, 0.3) is 0 Å². The lowest BCUT2D eigenvalue weighted by Crippen LogP contribution is -2.14. The number of benzene rings is 2. The highest BCUT2D eigenvalue weighted by molar-refractivity contribution is 5.47.